The van der Waals surface area contributed by atoms with Crippen molar-refractivity contribution in [2.24, 2.45) is 0 Å². The smallest absolute Gasteiger partial charge is 0.0610 e. The first kappa shape index (κ1) is 10.3. The highest BCUT2D eigenvalue weighted by atomic mass is 16.3. The standard InChI is InChI=1S/C10H18N2O/c1-9(2)11-7-10-3-4-12(8-10)5-6-13/h3-4,8-9,11,13H,5-7H2,1-2H3. The first-order valence-electron chi connectivity index (χ1n) is 4.71. The molecular formula is C10H18N2O. The lowest BCUT2D eigenvalue weighted by atomic mass is 10.3. The molecule has 74 valence electrons. The first-order chi connectivity index (χ1) is 6.22. The van der Waals surface area contributed by atoms with E-state index < -0.39 is 0 Å². The number of aromatic nitrogens is 1. The summed E-state index contributed by atoms with van der Waals surface area (Å²) in [5.41, 5.74) is 1.27. The second-order valence-corrected chi connectivity index (χ2v) is 3.52. The molecule has 0 aliphatic rings. The van der Waals surface area contributed by atoms with Gasteiger partial charge in [0, 0.05) is 31.5 Å². The summed E-state index contributed by atoms with van der Waals surface area (Å²) in [6, 6.07) is 2.59. The fourth-order valence-electron chi connectivity index (χ4n) is 1.17. The van der Waals surface area contributed by atoms with Crippen LogP contribution >= 0.6 is 0 Å². The molecule has 13 heavy (non-hydrogen) atoms. The Kier molecular flexibility index (Phi) is 3.99. The molecule has 0 atom stereocenters. The molecule has 0 fully saturated rings. The highest BCUT2D eigenvalue weighted by Gasteiger charge is 1.97. The van der Waals surface area contributed by atoms with Crippen LogP contribution in [-0.2, 0) is 13.1 Å². The van der Waals surface area contributed by atoms with Gasteiger partial charge >= 0.3 is 0 Å². The van der Waals surface area contributed by atoms with Crippen LogP contribution in [0.25, 0.3) is 0 Å². The van der Waals surface area contributed by atoms with Crippen LogP contribution in [0.15, 0.2) is 18.5 Å². The van der Waals surface area contributed by atoms with E-state index in [0.29, 0.717) is 12.6 Å². The van der Waals surface area contributed by atoms with Crippen molar-refractivity contribution in [2.45, 2.75) is 33.0 Å². The lowest BCUT2D eigenvalue weighted by molar-refractivity contribution is 0.276. The monoisotopic (exact) mass is 182 g/mol. The van der Waals surface area contributed by atoms with E-state index in [9.17, 15) is 0 Å². The van der Waals surface area contributed by atoms with Crippen molar-refractivity contribution in [3.05, 3.63) is 24.0 Å². The Morgan fingerprint density at radius 2 is 2.31 bits per heavy atom. The fourth-order valence-corrected chi connectivity index (χ4v) is 1.17. The second-order valence-electron chi connectivity index (χ2n) is 3.52. The van der Waals surface area contributed by atoms with Crippen molar-refractivity contribution < 1.29 is 5.11 Å². The molecule has 1 heterocycles. The molecule has 0 bridgehead atoms. The van der Waals surface area contributed by atoms with Crippen molar-refractivity contribution in [1.82, 2.24) is 9.88 Å². The molecule has 0 unspecified atom stereocenters. The topological polar surface area (TPSA) is 37.2 Å². The minimum absolute atomic E-state index is 0.200. The molecule has 1 rings (SSSR count). The molecule has 2 N–H and O–H groups in total. The third kappa shape index (κ3) is 3.61. The average Bonchev–Trinajstić information content (AvgIpc) is 2.50. The minimum atomic E-state index is 0.200. The Bertz CT molecular complexity index is 243. The van der Waals surface area contributed by atoms with Gasteiger partial charge in [-0.15, -0.1) is 0 Å². The molecule has 0 aromatic carbocycles. The molecule has 0 radical (unpaired) electrons. The molecule has 0 saturated heterocycles. The van der Waals surface area contributed by atoms with Gasteiger partial charge in [0.2, 0.25) is 0 Å². The van der Waals surface area contributed by atoms with Gasteiger partial charge in [0.05, 0.1) is 6.61 Å². The number of aliphatic hydroxyl groups is 1. The van der Waals surface area contributed by atoms with Crippen molar-refractivity contribution in [1.29, 1.82) is 0 Å². The average molecular weight is 182 g/mol. The van der Waals surface area contributed by atoms with Gasteiger partial charge in [-0.1, -0.05) is 13.8 Å². The van der Waals surface area contributed by atoms with Crippen LogP contribution in [0.3, 0.4) is 0 Å². The maximum Gasteiger partial charge on any atom is 0.0610 e. The second kappa shape index (κ2) is 5.04. The predicted molar refractivity (Wildman–Crippen MR) is 53.5 cm³/mol. The minimum Gasteiger partial charge on any atom is -0.395 e. The lowest BCUT2D eigenvalue weighted by Gasteiger charge is -2.05. The third-order valence-corrected chi connectivity index (χ3v) is 1.88. The van der Waals surface area contributed by atoms with Gasteiger partial charge in [0.25, 0.3) is 0 Å². The van der Waals surface area contributed by atoms with Crippen LogP contribution in [0.1, 0.15) is 19.4 Å². The van der Waals surface area contributed by atoms with Gasteiger partial charge in [0.1, 0.15) is 0 Å². The summed E-state index contributed by atoms with van der Waals surface area (Å²) in [6.45, 7) is 6.04. The number of hydrogen-bond acceptors (Lipinski definition) is 2. The Balaban J connectivity index is 2.39. The van der Waals surface area contributed by atoms with Crippen LogP contribution in [0, 0.1) is 0 Å². The molecule has 0 saturated carbocycles. The molecule has 0 spiro atoms. The van der Waals surface area contributed by atoms with Gasteiger partial charge < -0.3 is 15.0 Å². The maximum absolute atomic E-state index is 8.71. The van der Waals surface area contributed by atoms with Gasteiger partial charge in [-0.25, -0.2) is 0 Å². The van der Waals surface area contributed by atoms with E-state index >= 15 is 0 Å². The first-order valence-corrected chi connectivity index (χ1v) is 4.71. The molecule has 1 aromatic rings. The number of rotatable bonds is 5. The largest absolute Gasteiger partial charge is 0.395 e. The van der Waals surface area contributed by atoms with Crippen LogP contribution in [0.5, 0.6) is 0 Å². The Morgan fingerprint density at radius 1 is 1.54 bits per heavy atom. The van der Waals surface area contributed by atoms with E-state index in [1.54, 1.807) is 0 Å². The molecule has 3 heteroatoms. The number of aliphatic hydroxyl groups excluding tert-OH is 1. The lowest BCUT2D eigenvalue weighted by Crippen LogP contribution is -2.21. The van der Waals surface area contributed by atoms with Crippen molar-refractivity contribution in [2.75, 3.05) is 6.61 Å². The van der Waals surface area contributed by atoms with Crippen molar-refractivity contribution in [3.63, 3.8) is 0 Å². The van der Waals surface area contributed by atoms with Crippen LogP contribution in [0.4, 0.5) is 0 Å². The quantitative estimate of drug-likeness (QED) is 0.712. The zero-order valence-electron chi connectivity index (χ0n) is 8.33. The van der Waals surface area contributed by atoms with Crippen LogP contribution in [-0.4, -0.2) is 22.3 Å². The normalized spacial score (nSPS) is 11.1. The van der Waals surface area contributed by atoms with E-state index in [4.69, 9.17) is 5.11 Å². The molecular weight excluding hydrogens is 164 g/mol. The zero-order valence-corrected chi connectivity index (χ0v) is 8.33. The summed E-state index contributed by atoms with van der Waals surface area (Å²) in [5, 5.41) is 12.1. The molecule has 1 aromatic heterocycles. The van der Waals surface area contributed by atoms with E-state index in [1.165, 1.54) is 5.56 Å². The van der Waals surface area contributed by atoms with E-state index in [-0.39, 0.29) is 6.61 Å². The molecule has 0 amide bonds. The summed E-state index contributed by atoms with van der Waals surface area (Å²) in [7, 11) is 0. The highest BCUT2D eigenvalue weighted by Crippen LogP contribution is 2.00. The molecule has 0 aliphatic carbocycles. The van der Waals surface area contributed by atoms with E-state index in [2.05, 4.69) is 31.4 Å². The van der Waals surface area contributed by atoms with Gasteiger partial charge in [0.15, 0.2) is 0 Å². The van der Waals surface area contributed by atoms with Gasteiger partial charge in [-0.2, -0.15) is 0 Å². The van der Waals surface area contributed by atoms with E-state index in [0.717, 1.165) is 6.54 Å². The number of nitrogens with one attached hydrogen (secondary N) is 1. The van der Waals surface area contributed by atoms with Crippen LogP contribution < -0.4 is 5.32 Å². The van der Waals surface area contributed by atoms with Crippen LogP contribution in [0.2, 0.25) is 0 Å². The Labute approximate surface area is 79.4 Å². The Morgan fingerprint density at radius 3 is 2.92 bits per heavy atom. The van der Waals surface area contributed by atoms with Gasteiger partial charge in [-0.3, -0.25) is 0 Å². The summed E-state index contributed by atoms with van der Waals surface area (Å²) in [5.74, 6) is 0. The Hall–Kier alpha value is -0.800. The zero-order chi connectivity index (χ0) is 9.68. The summed E-state index contributed by atoms with van der Waals surface area (Å²) >= 11 is 0. The maximum atomic E-state index is 8.71. The third-order valence-electron chi connectivity index (χ3n) is 1.88. The highest BCUT2D eigenvalue weighted by molar-refractivity contribution is 5.09. The van der Waals surface area contributed by atoms with Crippen molar-refractivity contribution in [3.8, 4) is 0 Å². The molecule has 0 aliphatic heterocycles. The SMILES string of the molecule is CC(C)NCc1ccn(CCO)c1. The summed E-state index contributed by atoms with van der Waals surface area (Å²) in [4.78, 5) is 0. The van der Waals surface area contributed by atoms with Gasteiger partial charge in [-0.05, 0) is 11.6 Å². The van der Waals surface area contributed by atoms with E-state index in [1.807, 2.05) is 10.8 Å². The fraction of sp³-hybridized carbons (Fsp3) is 0.600. The number of nitrogens with zero attached hydrogens (tertiary/aromatic N) is 1. The number of hydrogen-bond donors (Lipinski definition) is 2. The summed E-state index contributed by atoms with van der Waals surface area (Å²) < 4.78 is 2.00. The van der Waals surface area contributed by atoms with Crippen molar-refractivity contribution >= 4 is 0 Å². The summed E-state index contributed by atoms with van der Waals surface area (Å²) in [6.07, 6.45) is 4.05. The molecule has 3 nitrogen and oxygen atoms in total. The predicted octanol–water partition coefficient (Wildman–Crippen LogP) is 0.978.